The zero-order valence-electron chi connectivity index (χ0n) is 16.9. The molecule has 0 bridgehead atoms. The molecular formula is C23H22N4O2S. The third-order valence-corrected chi connectivity index (χ3v) is 6.66. The van der Waals surface area contributed by atoms with Crippen LogP contribution in [-0.4, -0.2) is 30.5 Å². The Morgan fingerprint density at radius 1 is 1.17 bits per heavy atom. The van der Waals surface area contributed by atoms with E-state index in [1.54, 1.807) is 12.3 Å². The maximum atomic E-state index is 11.9. The molecule has 3 aromatic rings. The van der Waals surface area contributed by atoms with Gasteiger partial charge in [-0.1, -0.05) is 18.2 Å². The van der Waals surface area contributed by atoms with Crippen LogP contribution in [0.5, 0.6) is 0 Å². The number of rotatable bonds is 4. The number of pyridine rings is 1. The van der Waals surface area contributed by atoms with E-state index >= 15 is 0 Å². The Hall–Kier alpha value is -3.21. The number of benzene rings is 2. The highest BCUT2D eigenvalue weighted by Gasteiger charge is 2.24. The summed E-state index contributed by atoms with van der Waals surface area (Å²) in [6.07, 6.45) is 3.64. The molecular weight excluding hydrogens is 396 g/mol. The minimum atomic E-state index is -3.20. The van der Waals surface area contributed by atoms with E-state index in [4.69, 9.17) is 5.26 Å². The van der Waals surface area contributed by atoms with Crippen molar-refractivity contribution in [1.29, 1.82) is 5.26 Å². The summed E-state index contributed by atoms with van der Waals surface area (Å²) in [6, 6.07) is 17.8. The summed E-state index contributed by atoms with van der Waals surface area (Å²) in [6.45, 7) is 2.93. The topological polar surface area (TPSA) is 86.1 Å². The number of nitrogens with zero attached hydrogens (tertiary/aromatic N) is 3. The maximum absolute atomic E-state index is 11.9. The lowest BCUT2D eigenvalue weighted by atomic mass is 9.98. The summed E-state index contributed by atoms with van der Waals surface area (Å²) < 4.78 is 25.3. The molecule has 0 spiro atoms. The predicted octanol–water partition coefficient (Wildman–Crippen LogP) is 3.99. The number of nitrogens with one attached hydrogen (secondary N) is 1. The van der Waals surface area contributed by atoms with Crippen molar-refractivity contribution in [2.24, 2.45) is 0 Å². The zero-order valence-corrected chi connectivity index (χ0v) is 17.7. The highest BCUT2D eigenvalue weighted by atomic mass is 32.2. The first-order chi connectivity index (χ1) is 14.3. The van der Waals surface area contributed by atoms with Crippen molar-refractivity contribution in [3.63, 3.8) is 0 Å². The van der Waals surface area contributed by atoms with Gasteiger partial charge in [-0.2, -0.15) is 9.57 Å². The number of anilines is 2. The van der Waals surface area contributed by atoms with Gasteiger partial charge in [0.25, 0.3) is 0 Å². The molecule has 2 heterocycles. The Balaban J connectivity index is 1.64. The first-order valence-electron chi connectivity index (χ1n) is 9.65. The molecule has 0 unspecified atom stereocenters. The third-order valence-electron chi connectivity index (χ3n) is 5.41. The summed E-state index contributed by atoms with van der Waals surface area (Å²) >= 11 is 0. The van der Waals surface area contributed by atoms with Crippen LogP contribution in [0.2, 0.25) is 0 Å². The first kappa shape index (κ1) is 20.1. The van der Waals surface area contributed by atoms with Crippen LogP contribution in [0.3, 0.4) is 0 Å². The molecule has 1 aromatic heterocycles. The van der Waals surface area contributed by atoms with Crippen LogP contribution in [-0.2, 0) is 23.0 Å². The van der Waals surface area contributed by atoms with Gasteiger partial charge < -0.3 is 5.32 Å². The van der Waals surface area contributed by atoms with Crippen LogP contribution >= 0.6 is 0 Å². The number of aromatic nitrogens is 1. The molecule has 4 rings (SSSR count). The second-order valence-electron chi connectivity index (χ2n) is 7.49. The Labute approximate surface area is 176 Å². The Bertz CT molecular complexity index is 1250. The second-order valence-corrected chi connectivity index (χ2v) is 9.47. The van der Waals surface area contributed by atoms with Gasteiger partial charge in [0.1, 0.15) is 11.8 Å². The maximum Gasteiger partial charge on any atom is 0.211 e. The van der Waals surface area contributed by atoms with Gasteiger partial charge in [-0.15, -0.1) is 0 Å². The molecule has 6 nitrogen and oxygen atoms in total. The molecule has 7 heteroatoms. The fraction of sp³-hybridized carbons (Fsp3) is 0.217. The van der Waals surface area contributed by atoms with E-state index < -0.39 is 10.0 Å². The van der Waals surface area contributed by atoms with Gasteiger partial charge in [0.2, 0.25) is 10.0 Å². The summed E-state index contributed by atoms with van der Waals surface area (Å²) in [7, 11) is -3.20. The molecule has 2 aromatic carbocycles. The van der Waals surface area contributed by atoms with Crippen LogP contribution in [0.4, 0.5) is 11.4 Å². The number of hydrogen-bond donors (Lipinski definition) is 1. The van der Waals surface area contributed by atoms with Crippen molar-refractivity contribution in [1.82, 2.24) is 9.29 Å². The monoisotopic (exact) mass is 418 g/mol. The van der Waals surface area contributed by atoms with Gasteiger partial charge in [-0.3, -0.25) is 0 Å². The number of fused-ring (bicyclic) bond motifs is 1. The van der Waals surface area contributed by atoms with Crippen LogP contribution in [0.1, 0.15) is 22.4 Å². The molecule has 0 radical (unpaired) electrons. The lowest BCUT2D eigenvalue weighted by Crippen LogP contribution is -2.35. The van der Waals surface area contributed by atoms with Crippen molar-refractivity contribution < 1.29 is 8.42 Å². The molecule has 0 aliphatic carbocycles. The molecule has 0 fully saturated rings. The van der Waals surface area contributed by atoms with E-state index in [0.717, 1.165) is 39.2 Å². The van der Waals surface area contributed by atoms with E-state index in [9.17, 15) is 8.42 Å². The van der Waals surface area contributed by atoms with Gasteiger partial charge in [-0.05, 0) is 65.9 Å². The molecule has 152 valence electrons. The minimum Gasteiger partial charge on any atom is -0.355 e. The van der Waals surface area contributed by atoms with Crippen LogP contribution < -0.4 is 5.32 Å². The summed E-state index contributed by atoms with van der Waals surface area (Å²) in [5.41, 5.74) is 7.63. The van der Waals surface area contributed by atoms with Crippen LogP contribution in [0, 0.1) is 18.3 Å². The lowest BCUT2D eigenvalue weighted by Gasteiger charge is -2.28. The Morgan fingerprint density at radius 2 is 2.00 bits per heavy atom. The fourth-order valence-electron chi connectivity index (χ4n) is 3.77. The summed E-state index contributed by atoms with van der Waals surface area (Å²) in [4.78, 5) is 4.18. The van der Waals surface area contributed by atoms with E-state index in [0.29, 0.717) is 25.2 Å². The molecule has 0 atom stereocenters. The fourth-order valence-corrected chi connectivity index (χ4v) is 4.57. The smallest absolute Gasteiger partial charge is 0.211 e. The molecule has 1 aliphatic heterocycles. The summed E-state index contributed by atoms with van der Waals surface area (Å²) in [5, 5.41) is 12.5. The first-order valence-corrected chi connectivity index (χ1v) is 11.5. The van der Waals surface area contributed by atoms with E-state index in [2.05, 4.69) is 22.4 Å². The number of nitriles is 1. The highest BCUT2D eigenvalue weighted by molar-refractivity contribution is 7.88. The second kappa shape index (κ2) is 7.90. The third kappa shape index (κ3) is 4.06. The molecule has 0 amide bonds. The van der Waals surface area contributed by atoms with Gasteiger partial charge in [0, 0.05) is 36.2 Å². The molecule has 1 aliphatic rings. The van der Waals surface area contributed by atoms with Gasteiger partial charge in [0.15, 0.2) is 0 Å². The Kier molecular flexibility index (Phi) is 5.29. The van der Waals surface area contributed by atoms with Crippen molar-refractivity contribution in [3.8, 4) is 17.2 Å². The lowest BCUT2D eigenvalue weighted by molar-refractivity contribution is 0.395. The SMILES string of the molecule is Cc1ccc(Nc2cccc3c2CCN(S(C)(=O)=O)C3)cc1-c1ccc(C#N)nc1. The molecule has 0 saturated heterocycles. The average molecular weight is 419 g/mol. The van der Waals surface area contributed by atoms with Crippen molar-refractivity contribution in [2.45, 2.75) is 19.9 Å². The number of sulfonamides is 1. The molecule has 30 heavy (non-hydrogen) atoms. The largest absolute Gasteiger partial charge is 0.355 e. The van der Waals surface area contributed by atoms with Crippen LogP contribution in [0.15, 0.2) is 54.7 Å². The van der Waals surface area contributed by atoms with Crippen molar-refractivity contribution >= 4 is 21.4 Å². The quantitative estimate of drug-likeness (QED) is 0.692. The highest BCUT2D eigenvalue weighted by Crippen LogP contribution is 2.32. The number of hydrogen-bond acceptors (Lipinski definition) is 5. The summed E-state index contributed by atoms with van der Waals surface area (Å²) in [5.74, 6) is 0. The zero-order chi connectivity index (χ0) is 21.3. The van der Waals surface area contributed by atoms with Gasteiger partial charge in [-0.25, -0.2) is 13.4 Å². The van der Waals surface area contributed by atoms with E-state index in [-0.39, 0.29) is 0 Å². The van der Waals surface area contributed by atoms with Crippen LogP contribution in [0.25, 0.3) is 11.1 Å². The standard InChI is InChI=1S/C23H22N4O2S/c1-16-6-8-19(12-22(16)17-7-9-20(13-24)25-14-17)26-23-5-3-4-18-15-27(30(2,28)29)11-10-21(18)23/h3-9,12,14,26H,10-11,15H2,1-2H3. The minimum absolute atomic E-state index is 0.393. The average Bonchev–Trinajstić information content (AvgIpc) is 2.74. The predicted molar refractivity (Wildman–Crippen MR) is 118 cm³/mol. The molecule has 1 N–H and O–H groups in total. The van der Waals surface area contributed by atoms with Gasteiger partial charge in [0.05, 0.1) is 6.26 Å². The van der Waals surface area contributed by atoms with E-state index in [1.165, 1.54) is 10.6 Å². The van der Waals surface area contributed by atoms with Crippen molar-refractivity contribution in [3.05, 3.63) is 77.1 Å². The normalized spacial score (nSPS) is 14.0. The van der Waals surface area contributed by atoms with Gasteiger partial charge >= 0.3 is 0 Å². The Morgan fingerprint density at radius 3 is 2.70 bits per heavy atom. The van der Waals surface area contributed by atoms with Crippen molar-refractivity contribution in [2.75, 3.05) is 18.1 Å². The van der Waals surface area contributed by atoms with E-state index in [1.807, 2.05) is 43.3 Å². The molecule has 0 saturated carbocycles. The number of aryl methyl sites for hydroxylation is 1.